The summed E-state index contributed by atoms with van der Waals surface area (Å²) in [6.07, 6.45) is 1.26. The highest BCUT2D eigenvalue weighted by Crippen LogP contribution is 2.27. The Hall–Kier alpha value is 0.844. The first-order valence-corrected chi connectivity index (χ1v) is 23.9. The molecule has 1 heterocycles. The third-order valence-electron chi connectivity index (χ3n) is 3.45. The number of hydrogen-bond donors (Lipinski definition) is 0. The summed E-state index contributed by atoms with van der Waals surface area (Å²) in [6.45, 7) is 24.0. The van der Waals surface area contributed by atoms with E-state index in [-0.39, 0.29) is 0 Å². The predicted octanol–water partition coefficient (Wildman–Crippen LogP) is 4.42. The number of epoxide rings is 1. The van der Waals surface area contributed by atoms with Gasteiger partial charge in [-0.25, -0.2) is 0 Å². The fourth-order valence-electron chi connectivity index (χ4n) is 2.98. The quantitative estimate of drug-likeness (QED) is 0.213. The van der Waals surface area contributed by atoms with Crippen molar-refractivity contribution in [2.75, 3.05) is 19.8 Å². The zero-order valence-corrected chi connectivity index (χ0v) is 24.1. The van der Waals surface area contributed by atoms with Crippen LogP contribution in [0.15, 0.2) is 0 Å². The van der Waals surface area contributed by atoms with Gasteiger partial charge >= 0.3 is 26.4 Å². The van der Waals surface area contributed by atoms with Crippen LogP contribution in [0.3, 0.4) is 0 Å². The Bertz CT molecular complexity index is 450. The minimum atomic E-state index is -2.35. The van der Waals surface area contributed by atoms with Crippen LogP contribution in [-0.4, -0.2) is 69.0 Å². The second-order valence-corrected chi connectivity index (χ2v) is 28.1. The first-order chi connectivity index (χ1) is 12.1. The number of rotatable bonds is 14. The van der Waals surface area contributed by atoms with Crippen LogP contribution >= 0.6 is 0 Å². The zero-order chi connectivity index (χ0) is 20.9. The van der Waals surface area contributed by atoms with Crippen LogP contribution in [0.5, 0.6) is 0 Å². The second kappa shape index (κ2) is 10.2. The molecule has 1 aliphatic heterocycles. The van der Waals surface area contributed by atoms with E-state index in [0.717, 1.165) is 25.7 Å². The maximum atomic E-state index is 6.68. The maximum absolute atomic E-state index is 6.68. The van der Waals surface area contributed by atoms with E-state index >= 15 is 0 Å². The van der Waals surface area contributed by atoms with Crippen molar-refractivity contribution < 1.29 is 25.9 Å². The van der Waals surface area contributed by atoms with Crippen molar-refractivity contribution >= 4 is 43.0 Å². The molecule has 0 spiro atoms. The Labute approximate surface area is 172 Å². The van der Waals surface area contributed by atoms with Gasteiger partial charge in [0.1, 0.15) is 6.10 Å². The van der Waals surface area contributed by atoms with Crippen LogP contribution in [0.4, 0.5) is 0 Å². The molecule has 0 aromatic rings. The Morgan fingerprint density at radius 3 is 1.96 bits per heavy atom. The third kappa shape index (κ3) is 13.6. The molecule has 161 valence electrons. The highest BCUT2D eigenvalue weighted by atomic mass is 28.5. The Morgan fingerprint density at radius 2 is 1.48 bits per heavy atom. The standard InChI is InChI=1S/C16H41O6Si5/c1-23(19-24(2,3)4)20-26(8,9)22-27(10,21-25(5,6)7)13-11-12-17-14-16-15-18-16/h16H,11-15H2,1-10H3. The molecule has 0 aliphatic carbocycles. The van der Waals surface area contributed by atoms with Crippen LogP contribution in [-0.2, 0) is 25.9 Å². The SMILES string of the molecule is C[Si](O[Si](C)(C)C)O[Si](C)(C)O[Si](C)(CCCOCC1CO1)O[Si](C)(C)C. The zero-order valence-electron chi connectivity index (χ0n) is 19.1. The molecule has 11 heteroatoms. The molecule has 6 nitrogen and oxygen atoms in total. The summed E-state index contributed by atoms with van der Waals surface area (Å²) in [6, 6.07) is 0.920. The predicted molar refractivity (Wildman–Crippen MR) is 122 cm³/mol. The van der Waals surface area contributed by atoms with Crippen LogP contribution in [0.2, 0.25) is 71.5 Å². The van der Waals surface area contributed by atoms with Gasteiger partial charge in [0.15, 0.2) is 16.6 Å². The van der Waals surface area contributed by atoms with E-state index in [2.05, 4.69) is 65.5 Å². The van der Waals surface area contributed by atoms with Crippen LogP contribution in [0.25, 0.3) is 0 Å². The lowest BCUT2D eigenvalue weighted by Crippen LogP contribution is -2.56. The van der Waals surface area contributed by atoms with Gasteiger partial charge in [0.2, 0.25) is 0 Å². The van der Waals surface area contributed by atoms with E-state index in [4.69, 9.17) is 25.9 Å². The summed E-state index contributed by atoms with van der Waals surface area (Å²) in [5.74, 6) is 0. The Balaban J connectivity index is 2.60. The molecule has 0 N–H and O–H groups in total. The lowest BCUT2D eigenvalue weighted by molar-refractivity contribution is 0.115. The van der Waals surface area contributed by atoms with Gasteiger partial charge in [-0.15, -0.1) is 0 Å². The van der Waals surface area contributed by atoms with Crippen molar-refractivity contribution in [1.29, 1.82) is 0 Å². The molecule has 2 atom stereocenters. The van der Waals surface area contributed by atoms with Crippen LogP contribution in [0.1, 0.15) is 6.42 Å². The maximum Gasteiger partial charge on any atom is 0.360 e. The fourth-order valence-corrected chi connectivity index (χ4v) is 21.8. The van der Waals surface area contributed by atoms with E-state index in [1.165, 1.54) is 0 Å². The van der Waals surface area contributed by atoms with Crippen molar-refractivity contribution in [2.24, 2.45) is 0 Å². The average Bonchev–Trinajstić information content (AvgIpc) is 3.15. The van der Waals surface area contributed by atoms with Crippen molar-refractivity contribution in [3.8, 4) is 0 Å². The Morgan fingerprint density at radius 1 is 0.889 bits per heavy atom. The van der Waals surface area contributed by atoms with Crippen LogP contribution in [0, 0.1) is 0 Å². The van der Waals surface area contributed by atoms with E-state index in [0.29, 0.717) is 12.7 Å². The molecule has 0 amide bonds. The number of ether oxygens (including phenoxy) is 2. The van der Waals surface area contributed by atoms with Gasteiger partial charge < -0.3 is 25.9 Å². The summed E-state index contributed by atoms with van der Waals surface area (Å²) < 4.78 is 36.6. The lowest BCUT2D eigenvalue weighted by atomic mass is 10.5. The summed E-state index contributed by atoms with van der Waals surface area (Å²) in [4.78, 5) is 0. The summed E-state index contributed by atoms with van der Waals surface area (Å²) in [5, 5.41) is 0. The van der Waals surface area contributed by atoms with E-state index in [9.17, 15) is 0 Å². The van der Waals surface area contributed by atoms with E-state index < -0.39 is 43.0 Å². The van der Waals surface area contributed by atoms with Gasteiger partial charge in [-0.1, -0.05) is 0 Å². The summed E-state index contributed by atoms with van der Waals surface area (Å²) >= 11 is 0. The molecule has 0 saturated carbocycles. The van der Waals surface area contributed by atoms with E-state index in [1.54, 1.807) is 0 Å². The van der Waals surface area contributed by atoms with Gasteiger partial charge in [0.05, 0.1) is 13.2 Å². The van der Waals surface area contributed by atoms with Crippen molar-refractivity contribution in [3.63, 3.8) is 0 Å². The van der Waals surface area contributed by atoms with Crippen molar-refractivity contribution in [3.05, 3.63) is 0 Å². The fraction of sp³-hybridized carbons (Fsp3) is 1.00. The molecule has 27 heavy (non-hydrogen) atoms. The molecule has 0 aromatic heterocycles. The van der Waals surface area contributed by atoms with Crippen molar-refractivity contribution in [1.82, 2.24) is 0 Å². The monoisotopic (exact) mass is 469 g/mol. The second-order valence-electron chi connectivity index (χ2n) is 9.79. The van der Waals surface area contributed by atoms with Crippen LogP contribution < -0.4 is 0 Å². The van der Waals surface area contributed by atoms with Gasteiger partial charge in [-0.05, 0) is 77.9 Å². The molecular formula is C16H41O6Si5. The topological polar surface area (TPSA) is 58.7 Å². The third-order valence-corrected chi connectivity index (χ3v) is 19.3. The molecule has 1 aliphatic rings. The first-order valence-electron chi connectivity index (χ1n) is 9.90. The van der Waals surface area contributed by atoms with Gasteiger partial charge in [0.25, 0.3) is 0 Å². The molecule has 0 bridgehead atoms. The van der Waals surface area contributed by atoms with E-state index in [1.807, 2.05) is 0 Å². The smallest absolute Gasteiger partial charge is 0.360 e. The largest absolute Gasteiger partial charge is 0.437 e. The minimum absolute atomic E-state index is 0.319. The summed E-state index contributed by atoms with van der Waals surface area (Å²) in [7, 11) is -9.32. The first kappa shape index (κ1) is 25.9. The minimum Gasteiger partial charge on any atom is -0.437 e. The normalized spacial score (nSPS) is 20.8. The highest BCUT2D eigenvalue weighted by molar-refractivity contribution is 6.88. The lowest BCUT2D eigenvalue weighted by Gasteiger charge is -2.40. The Kier molecular flexibility index (Phi) is 9.82. The summed E-state index contributed by atoms with van der Waals surface area (Å²) in [5.41, 5.74) is 0. The average molecular weight is 470 g/mol. The van der Waals surface area contributed by atoms with Gasteiger partial charge in [-0.3, -0.25) is 0 Å². The van der Waals surface area contributed by atoms with Gasteiger partial charge in [0, 0.05) is 6.61 Å². The molecule has 2 unspecified atom stereocenters. The van der Waals surface area contributed by atoms with Gasteiger partial charge in [-0.2, -0.15) is 0 Å². The molecule has 0 aromatic carbocycles. The van der Waals surface area contributed by atoms with Crippen molar-refractivity contribution in [2.45, 2.75) is 84.0 Å². The molecule has 1 radical (unpaired) electrons. The number of hydrogen-bond acceptors (Lipinski definition) is 6. The molecule has 1 fully saturated rings. The molecule has 1 saturated heterocycles. The molecule has 1 rings (SSSR count). The highest BCUT2D eigenvalue weighted by Gasteiger charge is 2.44. The molecular weight excluding hydrogens is 429 g/mol.